The Morgan fingerprint density at radius 1 is 1.20 bits per heavy atom. The monoisotopic (exact) mass is 365 g/mol. The highest BCUT2D eigenvalue weighted by molar-refractivity contribution is 6.30. The van der Waals surface area contributed by atoms with Gasteiger partial charge in [0.05, 0.1) is 13.0 Å². The van der Waals surface area contributed by atoms with Crippen LogP contribution in [0, 0.1) is 11.8 Å². The minimum atomic E-state index is -0.340. The molecule has 1 aliphatic carbocycles. The normalized spacial score (nSPS) is 16.3. The summed E-state index contributed by atoms with van der Waals surface area (Å²) in [5.74, 6) is -0.0285. The zero-order valence-corrected chi connectivity index (χ0v) is 15.9. The molecule has 0 N–H and O–H groups in total. The van der Waals surface area contributed by atoms with Gasteiger partial charge in [0.25, 0.3) is 0 Å². The maximum Gasteiger partial charge on any atom is 0.310 e. The fourth-order valence-corrected chi connectivity index (χ4v) is 3.56. The van der Waals surface area contributed by atoms with E-state index in [-0.39, 0.29) is 17.8 Å². The summed E-state index contributed by atoms with van der Waals surface area (Å²) in [5, 5.41) is 0.673. The van der Waals surface area contributed by atoms with Gasteiger partial charge in [0, 0.05) is 24.5 Å². The number of halogens is 1. The van der Waals surface area contributed by atoms with Crippen LogP contribution >= 0.6 is 11.6 Å². The van der Waals surface area contributed by atoms with Crippen molar-refractivity contribution in [3.8, 4) is 0 Å². The van der Waals surface area contributed by atoms with Crippen molar-refractivity contribution in [2.75, 3.05) is 13.7 Å². The van der Waals surface area contributed by atoms with Crippen LogP contribution in [-0.4, -0.2) is 30.4 Å². The third-order valence-electron chi connectivity index (χ3n) is 4.93. The van der Waals surface area contributed by atoms with Gasteiger partial charge in [0.15, 0.2) is 0 Å². The summed E-state index contributed by atoms with van der Waals surface area (Å²) >= 11 is 5.94. The van der Waals surface area contributed by atoms with Gasteiger partial charge >= 0.3 is 5.97 Å². The van der Waals surface area contributed by atoms with Crippen LogP contribution in [0.1, 0.15) is 51.0 Å². The Labute approximate surface area is 155 Å². The molecule has 1 aliphatic rings. The molecule has 1 fully saturated rings. The van der Waals surface area contributed by atoms with Gasteiger partial charge in [-0.05, 0) is 36.5 Å². The van der Waals surface area contributed by atoms with E-state index < -0.39 is 0 Å². The second-order valence-corrected chi connectivity index (χ2v) is 7.47. The van der Waals surface area contributed by atoms with Gasteiger partial charge in [-0.15, -0.1) is 0 Å². The lowest BCUT2D eigenvalue weighted by molar-refractivity contribution is -0.146. The van der Waals surface area contributed by atoms with Gasteiger partial charge in [-0.1, -0.05) is 49.9 Å². The van der Waals surface area contributed by atoms with Crippen LogP contribution in [0.5, 0.6) is 0 Å². The highest BCUT2D eigenvalue weighted by Crippen LogP contribution is 2.27. The Kier molecular flexibility index (Phi) is 7.76. The number of amides is 1. The van der Waals surface area contributed by atoms with E-state index >= 15 is 0 Å². The lowest BCUT2D eigenvalue weighted by Crippen LogP contribution is -2.37. The molecule has 1 saturated carbocycles. The molecule has 1 aromatic carbocycles. The van der Waals surface area contributed by atoms with Crippen molar-refractivity contribution in [3.63, 3.8) is 0 Å². The molecule has 138 valence electrons. The molecule has 1 amide bonds. The van der Waals surface area contributed by atoms with E-state index in [1.165, 1.54) is 26.4 Å². The predicted molar refractivity (Wildman–Crippen MR) is 99.2 cm³/mol. The van der Waals surface area contributed by atoms with Gasteiger partial charge in [0.1, 0.15) is 0 Å². The summed E-state index contributed by atoms with van der Waals surface area (Å²) in [6, 6.07) is 7.49. The Hall–Kier alpha value is -1.55. The summed E-state index contributed by atoms with van der Waals surface area (Å²) in [7, 11) is 1.38. The van der Waals surface area contributed by atoms with Gasteiger partial charge in [-0.2, -0.15) is 0 Å². The SMILES string of the molecule is COC(=O)C(C)CN(Cc1ccc(Cl)cc1)C(=O)CC1CCCCC1. The zero-order chi connectivity index (χ0) is 18.2. The molecular weight excluding hydrogens is 338 g/mol. The zero-order valence-electron chi connectivity index (χ0n) is 15.2. The number of benzene rings is 1. The first-order chi connectivity index (χ1) is 12.0. The lowest BCUT2D eigenvalue weighted by Gasteiger charge is -2.28. The first-order valence-corrected chi connectivity index (χ1v) is 9.47. The number of carbonyl (C=O) groups excluding carboxylic acids is 2. The van der Waals surface area contributed by atoms with Gasteiger partial charge in [0.2, 0.25) is 5.91 Å². The Balaban J connectivity index is 2.05. The molecule has 0 spiro atoms. The van der Waals surface area contributed by atoms with Crippen LogP contribution in [-0.2, 0) is 20.9 Å². The minimum Gasteiger partial charge on any atom is -0.469 e. The molecule has 25 heavy (non-hydrogen) atoms. The fraction of sp³-hybridized carbons (Fsp3) is 0.600. The maximum absolute atomic E-state index is 12.9. The Morgan fingerprint density at radius 2 is 1.84 bits per heavy atom. The minimum absolute atomic E-state index is 0.123. The Morgan fingerprint density at radius 3 is 2.44 bits per heavy atom. The van der Waals surface area contributed by atoms with Crippen molar-refractivity contribution in [3.05, 3.63) is 34.9 Å². The van der Waals surface area contributed by atoms with Crippen molar-refractivity contribution in [2.24, 2.45) is 11.8 Å². The average molecular weight is 366 g/mol. The van der Waals surface area contributed by atoms with Crippen molar-refractivity contribution < 1.29 is 14.3 Å². The molecular formula is C20H28ClNO3. The summed E-state index contributed by atoms with van der Waals surface area (Å²) in [6.45, 7) is 2.67. The topological polar surface area (TPSA) is 46.6 Å². The van der Waals surface area contributed by atoms with Crippen LogP contribution in [0.4, 0.5) is 0 Å². The molecule has 0 aliphatic heterocycles. The van der Waals surface area contributed by atoms with Crippen LogP contribution in [0.25, 0.3) is 0 Å². The quantitative estimate of drug-likeness (QED) is 0.671. The van der Waals surface area contributed by atoms with E-state index in [0.29, 0.717) is 30.5 Å². The van der Waals surface area contributed by atoms with Crippen LogP contribution in [0.2, 0.25) is 5.02 Å². The van der Waals surface area contributed by atoms with E-state index in [2.05, 4.69) is 0 Å². The molecule has 1 atom stereocenters. The van der Waals surface area contributed by atoms with Crippen LogP contribution < -0.4 is 0 Å². The number of rotatable bonds is 7. The standard InChI is InChI=1S/C20H28ClNO3/c1-15(20(24)25-2)13-22(14-17-8-10-18(21)11-9-17)19(23)12-16-6-4-3-5-7-16/h8-11,15-16H,3-7,12-14H2,1-2H3. The van der Waals surface area contributed by atoms with Crippen LogP contribution in [0.3, 0.4) is 0 Å². The summed E-state index contributed by atoms with van der Waals surface area (Å²) in [4.78, 5) is 26.4. The van der Waals surface area contributed by atoms with E-state index in [1.54, 1.807) is 11.8 Å². The maximum atomic E-state index is 12.9. The second-order valence-electron chi connectivity index (χ2n) is 7.03. The van der Waals surface area contributed by atoms with E-state index in [0.717, 1.165) is 18.4 Å². The summed E-state index contributed by atoms with van der Waals surface area (Å²) < 4.78 is 4.81. The van der Waals surface area contributed by atoms with Crippen molar-refractivity contribution >= 4 is 23.5 Å². The number of hydrogen-bond acceptors (Lipinski definition) is 3. The van der Waals surface area contributed by atoms with Gasteiger partial charge in [-0.3, -0.25) is 9.59 Å². The number of carbonyl (C=O) groups is 2. The first-order valence-electron chi connectivity index (χ1n) is 9.09. The van der Waals surface area contributed by atoms with E-state index in [4.69, 9.17) is 16.3 Å². The fourth-order valence-electron chi connectivity index (χ4n) is 3.44. The summed E-state index contributed by atoms with van der Waals surface area (Å²) in [6.07, 6.45) is 6.54. The third-order valence-corrected chi connectivity index (χ3v) is 5.18. The molecule has 0 heterocycles. The summed E-state index contributed by atoms with van der Waals surface area (Å²) in [5.41, 5.74) is 1.01. The largest absolute Gasteiger partial charge is 0.469 e. The molecule has 4 nitrogen and oxygen atoms in total. The highest BCUT2D eigenvalue weighted by atomic mass is 35.5. The number of hydrogen-bond donors (Lipinski definition) is 0. The first kappa shape index (κ1) is 19.8. The number of esters is 1. The molecule has 5 heteroatoms. The van der Waals surface area contributed by atoms with Crippen LogP contribution in [0.15, 0.2) is 24.3 Å². The molecule has 0 saturated heterocycles. The van der Waals surface area contributed by atoms with Crippen molar-refractivity contribution in [1.82, 2.24) is 4.90 Å². The molecule has 1 unspecified atom stereocenters. The van der Waals surface area contributed by atoms with E-state index in [1.807, 2.05) is 24.3 Å². The number of nitrogens with zero attached hydrogens (tertiary/aromatic N) is 1. The molecule has 0 bridgehead atoms. The third kappa shape index (κ3) is 6.35. The molecule has 0 aromatic heterocycles. The van der Waals surface area contributed by atoms with Crippen molar-refractivity contribution in [2.45, 2.75) is 52.0 Å². The van der Waals surface area contributed by atoms with Gasteiger partial charge in [-0.25, -0.2) is 0 Å². The second kappa shape index (κ2) is 9.81. The molecule has 2 rings (SSSR count). The average Bonchev–Trinajstić information content (AvgIpc) is 2.62. The number of ether oxygens (including phenoxy) is 1. The highest BCUT2D eigenvalue weighted by Gasteiger charge is 2.25. The van der Waals surface area contributed by atoms with Gasteiger partial charge < -0.3 is 9.64 Å². The smallest absolute Gasteiger partial charge is 0.310 e. The number of methoxy groups -OCH3 is 1. The molecule has 0 radical (unpaired) electrons. The van der Waals surface area contributed by atoms with Crippen molar-refractivity contribution in [1.29, 1.82) is 0 Å². The lowest BCUT2D eigenvalue weighted by atomic mass is 9.86. The molecule has 1 aromatic rings. The van der Waals surface area contributed by atoms with E-state index in [9.17, 15) is 9.59 Å². The Bertz CT molecular complexity index is 567. The predicted octanol–water partition coefficient (Wildman–Crippen LogP) is 4.45.